The van der Waals surface area contributed by atoms with Crippen molar-refractivity contribution in [2.45, 2.75) is 0 Å². The van der Waals surface area contributed by atoms with Crippen LogP contribution in [0.3, 0.4) is 0 Å². The van der Waals surface area contributed by atoms with E-state index in [-0.39, 0.29) is 17.2 Å². The Balaban J connectivity index is 1.94. The highest BCUT2D eigenvalue weighted by Gasteiger charge is 2.16. The first-order valence-electron chi connectivity index (χ1n) is 6.90. The summed E-state index contributed by atoms with van der Waals surface area (Å²) in [7, 11) is 2.90. The van der Waals surface area contributed by atoms with Gasteiger partial charge in [-0.25, -0.2) is 14.8 Å². The number of nitrogens with zero attached hydrogens (tertiary/aromatic N) is 2. The number of rotatable bonds is 4. The molecule has 1 aromatic carbocycles. The number of para-hydroxylation sites is 1. The Labute approximate surface area is 136 Å². The lowest BCUT2D eigenvalue weighted by molar-refractivity contribution is 0.102. The molecule has 0 saturated carbocycles. The standard InChI is InChI=1S/C16H13N3O5/c1-22-12-5-3-4-9-6-11(15(21)24-13(9)12)14(20)19-10-7-17-16(23-2)18-8-10/h3-8H,1-2H3,(H,19,20). The van der Waals surface area contributed by atoms with Crippen molar-refractivity contribution in [2.24, 2.45) is 0 Å². The van der Waals surface area contributed by atoms with Gasteiger partial charge in [-0.3, -0.25) is 4.79 Å². The first-order valence-corrected chi connectivity index (χ1v) is 6.90. The van der Waals surface area contributed by atoms with E-state index in [1.54, 1.807) is 18.2 Å². The summed E-state index contributed by atoms with van der Waals surface area (Å²) in [5.41, 5.74) is -0.286. The van der Waals surface area contributed by atoms with Crippen LogP contribution >= 0.6 is 0 Å². The molecule has 0 radical (unpaired) electrons. The summed E-state index contributed by atoms with van der Waals surface area (Å²) in [6.07, 6.45) is 2.74. The molecule has 1 amide bonds. The minimum atomic E-state index is -0.765. The van der Waals surface area contributed by atoms with E-state index in [1.807, 2.05) is 0 Å². The molecular weight excluding hydrogens is 314 g/mol. The second-order valence-corrected chi connectivity index (χ2v) is 4.74. The highest BCUT2D eigenvalue weighted by Crippen LogP contribution is 2.24. The molecule has 0 spiro atoms. The molecule has 0 aliphatic heterocycles. The van der Waals surface area contributed by atoms with Gasteiger partial charge in [-0.1, -0.05) is 12.1 Å². The zero-order chi connectivity index (χ0) is 17.1. The number of carbonyl (C=O) groups is 1. The average molecular weight is 327 g/mol. The van der Waals surface area contributed by atoms with Crippen molar-refractivity contribution >= 4 is 22.6 Å². The van der Waals surface area contributed by atoms with Crippen LogP contribution in [-0.2, 0) is 0 Å². The number of hydrogen-bond acceptors (Lipinski definition) is 7. The Morgan fingerprint density at radius 3 is 2.58 bits per heavy atom. The molecule has 0 unspecified atom stereocenters. The lowest BCUT2D eigenvalue weighted by Crippen LogP contribution is -2.21. The quantitative estimate of drug-likeness (QED) is 0.729. The Morgan fingerprint density at radius 1 is 1.17 bits per heavy atom. The van der Waals surface area contributed by atoms with Crippen LogP contribution in [0.1, 0.15) is 10.4 Å². The fourth-order valence-electron chi connectivity index (χ4n) is 2.12. The summed E-state index contributed by atoms with van der Waals surface area (Å²) in [6.45, 7) is 0. The van der Waals surface area contributed by atoms with Gasteiger partial charge in [0.25, 0.3) is 5.91 Å². The Morgan fingerprint density at radius 2 is 1.92 bits per heavy atom. The van der Waals surface area contributed by atoms with Crippen LogP contribution in [0.25, 0.3) is 11.0 Å². The smallest absolute Gasteiger partial charge is 0.349 e. The van der Waals surface area contributed by atoms with Gasteiger partial charge in [0.2, 0.25) is 0 Å². The minimum Gasteiger partial charge on any atom is -0.493 e. The number of amides is 1. The summed E-state index contributed by atoms with van der Waals surface area (Å²) >= 11 is 0. The normalized spacial score (nSPS) is 10.4. The number of nitrogens with one attached hydrogen (secondary N) is 1. The Bertz CT molecular complexity index is 950. The summed E-state index contributed by atoms with van der Waals surface area (Å²) in [5, 5.41) is 3.11. The van der Waals surface area contributed by atoms with E-state index in [2.05, 4.69) is 15.3 Å². The number of fused-ring (bicyclic) bond motifs is 1. The topological polar surface area (TPSA) is 104 Å². The minimum absolute atomic E-state index is 0.133. The van der Waals surface area contributed by atoms with Crippen molar-refractivity contribution in [3.05, 3.63) is 52.6 Å². The van der Waals surface area contributed by atoms with Gasteiger partial charge in [0.15, 0.2) is 11.3 Å². The fourth-order valence-corrected chi connectivity index (χ4v) is 2.12. The lowest BCUT2D eigenvalue weighted by atomic mass is 10.1. The molecule has 2 heterocycles. The van der Waals surface area contributed by atoms with Crippen molar-refractivity contribution < 1.29 is 18.7 Å². The van der Waals surface area contributed by atoms with Gasteiger partial charge in [-0.2, -0.15) is 0 Å². The Hall–Kier alpha value is -3.42. The third kappa shape index (κ3) is 2.89. The number of ether oxygens (including phenoxy) is 2. The molecule has 0 fully saturated rings. The molecule has 24 heavy (non-hydrogen) atoms. The van der Waals surface area contributed by atoms with Crippen LogP contribution in [0.15, 0.2) is 45.9 Å². The molecule has 8 nitrogen and oxygen atoms in total. The highest BCUT2D eigenvalue weighted by atomic mass is 16.5. The number of aromatic nitrogens is 2. The third-order valence-electron chi connectivity index (χ3n) is 3.26. The fraction of sp³-hybridized carbons (Fsp3) is 0.125. The predicted molar refractivity (Wildman–Crippen MR) is 85.6 cm³/mol. The molecule has 3 rings (SSSR count). The number of benzene rings is 1. The van der Waals surface area contributed by atoms with Crippen molar-refractivity contribution in [3.8, 4) is 11.8 Å². The number of methoxy groups -OCH3 is 2. The van der Waals surface area contributed by atoms with Gasteiger partial charge < -0.3 is 19.2 Å². The molecule has 8 heteroatoms. The summed E-state index contributed by atoms with van der Waals surface area (Å²) in [4.78, 5) is 32.1. The molecule has 0 aliphatic carbocycles. The van der Waals surface area contributed by atoms with E-state index in [4.69, 9.17) is 13.9 Å². The van der Waals surface area contributed by atoms with Gasteiger partial charge >= 0.3 is 11.6 Å². The maximum absolute atomic E-state index is 12.3. The van der Waals surface area contributed by atoms with Crippen molar-refractivity contribution in [1.29, 1.82) is 0 Å². The van der Waals surface area contributed by atoms with Crippen molar-refractivity contribution in [2.75, 3.05) is 19.5 Å². The molecule has 122 valence electrons. The number of anilines is 1. The molecule has 0 atom stereocenters. The second kappa shape index (κ2) is 6.37. The van der Waals surface area contributed by atoms with E-state index in [0.717, 1.165) is 0 Å². The first kappa shape index (κ1) is 15.5. The van der Waals surface area contributed by atoms with Gasteiger partial charge in [-0.15, -0.1) is 0 Å². The Kier molecular flexibility index (Phi) is 4.11. The maximum Gasteiger partial charge on any atom is 0.349 e. The van der Waals surface area contributed by atoms with E-state index in [9.17, 15) is 9.59 Å². The monoisotopic (exact) mass is 327 g/mol. The SMILES string of the molecule is COc1ncc(NC(=O)c2cc3cccc(OC)c3oc2=O)cn1. The van der Waals surface area contributed by atoms with Crippen LogP contribution in [0.2, 0.25) is 0 Å². The molecule has 0 saturated heterocycles. The van der Waals surface area contributed by atoms with Crippen molar-refractivity contribution in [1.82, 2.24) is 9.97 Å². The van der Waals surface area contributed by atoms with E-state index < -0.39 is 11.5 Å². The van der Waals surface area contributed by atoms with Crippen LogP contribution in [0.4, 0.5) is 5.69 Å². The third-order valence-corrected chi connectivity index (χ3v) is 3.26. The lowest BCUT2D eigenvalue weighted by Gasteiger charge is -2.07. The van der Waals surface area contributed by atoms with E-state index >= 15 is 0 Å². The zero-order valence-corrected chi connectivity index (χ0v) is 12.9. The maximum atomic E-state index is 12.3. The van der Waals surface area contributed by atoms with Gasteiger partial charge in [0, 0.05) is 5.39 Å². The van der Waals surface area contributed by atoms with Gasteiger partial charge in [-0.05, 0) is 12.1 Å². The zero-order valence-electron chi connectivity index (χ0n) is 12.9. The summed E-state index contributed by atoms with van der Waals surface area (Å²) in [5.74, 6) is -0.206. The number of hydrogen-bond donors (Lipinski definition) is 1. The van der Waals surface area contributed by atoms with Crippen molar-refractivity contribution in [3.63, 3.8) is 0 Å². The average Bonchev–Trinajstić information content (AvgIpc) is 2.61. The molecule has 3 aromatic rings. The van der Waals surface area contributed by atoms with Gasteiger partial charge in [0.1, 0.15) is 5.56 Å². The van der Waals surface area contributed by atoms with Crippen LogP contribution in [0.5, 0.6) is 11.8 Å². The predicted octanol–water partition coefficient (Wildman–Crippen LogP) is 1.85. The molecule has 1 N–H and O–H groups in total. The second-order valence-electron chi connectivity index (χ2n) is 4.74. The van der Waals surface area contributed by atoms with Crippen LogP contribution < -0.4 is 20.4 Å². The molecule has 0 aliphatic rings. The summed E-state index contributed by atoms with van der Waals surface area (Å²) < 4.78 is 15.2. The molecule has 2 aromatic heterocycles. The summed E-state index contributed by atoms with van der Waals surface area (Å²) in [6, 6.07) is 6.74. The number of carbonyl (C=O) groups excluding carboxylic acids is 1. The van der Waals surface area contributed by atoms with Crippen LogP contribution in [-0.4, -0.2) is 30.1 Å². The van der Waals surface area contributed by atoms with E-state index in [1.165, 1.54) is 32.7 Å². The molecular formula is C16H13N3O5. The highest BCUT2D eigenvalue weighted by molar-refractivity contribution is 6.05. The van der Waals surface area contributed by atoms with Crippen LogP contribution in [0, 0.1) is 0 Å². The van der Waals surface area contributed by atoms with Gasteiger partial charge in [0.05, 0.1) is 32.3 Å². The largest absolute Gasteiger partial charge is 0.493 e. The first-order chi connectivity index (χ1) is 11.6. The van der Waals surface area contributed by atoms with E-state index in [0.29, 0.717) is 16.8 Å². The molecule has 0 bridgehead atoms.